The van der Waals surface area contributed by atoms with Crippen molar-refractivity contribution < 1.29 is 13.2 Å². The third-order valence-electron chi connectivity index (χ3n) is 4.04. The van der Waals surface area contributed by atoms with Crippen molar-refractivity contribution in [3.63, 3.8) is 0 Å². The summed E-state index contributed by atoms with van der Waals surface area (Å²) in [4.78, 5) is 4.25. The zero-order valence-electron chi connectivity index (χ0n) is 14.5. The van der Waals surface area contributed by atoms with Gasteiger partial charge in [0.25, 0.3) is 5.89 Å². The molecule has 0 fully saturated rings. The van der Waals surface area contributed by atoms with Crippen LogP contribution in [-0.4, -0.2) is 30.2 Å². The number of benzene rings is 1. The second-order valence-electron chi connectivity index (χ2n) is 5.99. The lowest BCUT2D eigenvalue weighted by atomic mass is 10.1. The van der Waals surface area contributed by atoms with Crippen molar-refractivity contribution in [1.29, 1.82) is 0 Å². The van der Waals surface area contributed by atoms with Gasteiger partial charge in [-0.25, -0.2) is 4.68 Å². The summed E-state index contributed by atoms with van der Waals surface area (Å²) in [5.41, 5.74) is 9.42. The fourth-order valence-electron chi connectivity index (χ4n) is 2.58. The topological polar surface area (TPSA) is 109 Å². The van der Waals surface area contributed by atoms with Crippen LogP contribution in [0.5, 0.6) is 0 Å². The standard InChI is InChI=1S/C18H15F2N7O/c19-16(20)18-25-24-17(28-18)12-3-1-11(2-4-12)9-27-10-15(23-26-27)13-5-6-14(7-21)22-8-13/h1-6,8,10,16H,7,9,21H2. The van der Waals surface area contributed by atoms with Crippen LogP contribution in [0.1, 0.15) is 23.6 Å². The van der Waals surface area contributed by atoms with Gasteiger partial charge in [0.05, 0.1) is 18.4 Å². The van der Waals surface area contributed by atoms with Crippen molar-refractivity contribution in [2.45, 2.75) is 19.5 Å². The second-order valence-corrected chi connectivity index (χ2v) is 5.99. The molecule has 0 aliphatic rings. The predicted octanol–water partition coefficient (Wildman–Crippen LogP) is 2.83. The summed E-state index contributed by atoms with van der Waals surface area (Å²) in [6.45, 7) is 0.879. The van der Waals surface area contributed by atoms with Gasteiger partial charge in [0.1, 0.15) is 5.69 Å². The van der Waals surface area contributed by atoms with Gasteiger partial charge in [-0.1, -0.05) is 17.3 Å². The highest BCUT2D eigenvalue weighted by molar-refractivity contribution is 5.56. The highest BCUT2D eigenvalue weighted by Crippen LogP contribution is 2.23. The largest absolute Gasteiger partial charge is 0.415 e. The van der Waals surface area contributed by atoms with E-state index in [4.69, 9.17) is 10.2 Å². The Labute approximate surface area is 158 Å². The molecule has 0 aliphatic carbocycles. The molecule has 0 unspecified atom stereocenters. The molecule has 2 N–H and O–H groups in total. The predicted molar refractivity (Wildman–Crippen MR) is 94.9 cm³/mol. The van der Waals surface area contributed by atoms with Gasteiger partial charge < -0.3 is 10.2 Å². The van der Waals surface area contributed by atoms with Crippen molar-refractivity contribution in [1.82, 2.24) is 30.2 Å². The Balaban J connectivity index is 1.46. The Morgan fingerprint density at radius 2 is 1.79 bits per heavy atom. The maximum Gasteiger partial charge on any atom is 0.314 e. The Morgan fingerprint density at radius 3 is 2.43 bits per heavy atom. The average molecular weight is 383 g/mol. The molecule has 0 saturated heterocycles. The average Bonchev–Trinajstić information content (AvgIpc) is 3.39. The Kier molecular flexibility index (Phi) is 4.85. The first-order chi connectivity index (χ1) is 13.6. The van der Waals surface area contributed by atoms with E-state index in [-0.39, 0.29) is 5.89 Å². The molecule has 0 amide bonds. The van der Waals surface area contributed by atoms with E-state index in [0.717, 1.165) is 16.8 Å². The fraction of sp³-hybridized carbons (Fsp3) is 0.167. The monoisotopic (exact) mass is 383 g/mol. The minimum atomic E-state index is -2.79. The van der Waals surface area contributed by atoms with Gasteiger partial charge in [0.15, 0.2) is 0 Å². The van der Waals surface area contributed by atoms with Crippen molar-refractivity contribution in [3.8, 4) is 22.7 Å². The first-order valence-electron chi connectivity index (χ1n) is 8.39. The van der Waals surface area contributed by atoms with Gasteiger partial charge >= 0.3 is 6.43 Å². The maximum atomic E-state index is 12.5. The summed E-state index contributed by atoms with van der Waals surface area (Å²) < 4.78 is 31.7. The molecule has 0 bridgehead atoms. The van der Waals surface area contributed by atoms with Crippen LogP contribution in [-0.2, 0) is 13.1 Å². The summed E-state index contributed by atoms with van der Waals surface area (Å²) in [5, 5.41) is 15.2. The van der Waals surface area contributed by atoms with E-state index in [0.29, 0.717) is 24.3 Å². The second kappa shape index (κ2) is 7.61. The van der Waals surface area contributed by atoms with Crippen LogP contribution in [0.15, 0.2) is 53.2 Å². The lowest BCUT2D eigenvalue weighted by Crippen LogP contribution is -2.00. The molecule has 142 valence electrons. The number of alkyl halides is 2. The Morgan fingerprint density at radius 1 is 1.00 bits per heavy atom. The number of aromatic nitrogens is 6. The van der Waals surface area contributed by atoms with Crippen LogP contribution >= 0.6 is 0 Å². The van der Waals surface area contributed by atoms with Crippen LogP contribution in [0.4, 0.5) is 8.78 Å². The first-order valence-corrected chi connectivity index (χ1v) is 8.39. The van der Waals surface area contributed by atoms with Gasteiger partial charge in [-0.15, -0.1) is 15.3 Å². The lowest BCUT2D eigenvalue weighted by Gasteiger charge is -2.02. The molecule has 28 heavy (non-hydrogen) atoms. The molecule has 0 radical (unpaired) electrons. The molecule has 3 aromatic heterocycles. The Bertz CT molecular complexity index is 1060. The zero-order valence-corrected chi connectivity index (χ0v) is 14.5. The molecular formula is C18H15F2N7O. The Hall–Kier alpha value is -3.53. The first kappa shape index (κ1) is 17.9. The molecule has 4 rings (SSSR count). The molecule has 3 heterocycles. The fourth-order valence-corrected chi connectivity index (χ4v) is 2.58. The van der Waals surface area contributed by atoms with Gasteiger partial charge in [-0.3, -0.25) is 4.98 Å². The summed E-state index contributed by atoms with van der Waals surface area (Å²) in [6.07, 6.45) is 0.743. The summed E-state index contributed by atoms with van der Waals surface area (Å²) in [7, 11) is 0. The van der Waals surface area contributed by atoms with Crippen molar-refractivity contribution >= 4 is 0 Å². The third kappa shape index (κ3) is 3.76. The van der Waals surface area contributed by atoms with Gasteiger partial charge in [-0.2, -0.15) is 8.78 Å². The number of nitrogens with zero attached hydrogens (tertiary/aromatic N) is 6. The van der Waals surface area contributed by atoms with E-state index in [2.05, 4.69) is 25.5 Å². The number of halogens is 2. The van der Waals surface area contributed by atoms with E-state index in [1.165, 1.54) is 0 Å². The van der Waals surface area contributed by atoms with Crippen LogP contribution in [0.25, 0.3) is 22.7 Å². The van der Waals surface area contributed by atoms with E-state index in [1.807, 2.05) is 30.5 Å². The number of hydrogen-bond donors (Lipinski definition) is 1. The molecule has 8 nitrogen and oxygen atoms in total. The van der Waals surface area contributed by atoms with E-state index in [1.54, 1.807) is 23.0 Å². The van der Waals surface area contributed by atoms with Gasteiger partial charge in [0.2, 0.25) is 5.89 Å². The van der Waals surface area contributed by atoms with Crippen LogP contribution in [0.2, 0.25) is 0 Å². The molecule has 0 spiro atoms. The van der Waals surface area contributed by atoms with E-state index < -0.39 is 12.3 Å². The van der Waals surface area contributed by atoms with Gasteiger partial charge in [-0.05, 0) is 29.8 Å². The summed E-state index contributed by atoms with van der Waals surface area (Å²) >= 11 is 0. The summed E-state index contributed by atoms with van der Waals surface area (Å²) in [5.74, 6) is -0.637. The molecule has 0 aliphatic heterocycles. The smallest absolute Gasteiger partial charge is 0.314 e. The molecule has 0 atom stereocenters. The number of pyridine rings is 1. The molecule has 4 aromatic rings. The number of hydrogen-bond acceptors (Lipinski definition) is 7. The van der Waals surface area contributed by atoms with E-state index in [9.17, 15) is 8.78 Å². The van der Waals surface area contributed by atoms with Gasteiger partial charge in [0, 0.05) is 23.9 Å². The van der Waals surface area contributed by atoms with Crippen molar-refractivity contribution in [2.24, 2.45) is 5.73 Å². The van der Waals surface area contributed by atoms with Crippen molar-refractivity contribution in [3.05, 3.63) is 65.9 Å². The van der Waals surface area contributed by atoms with E-state index >= 15 is 0 Å². The number of nitrogens with two attached hydrogens (primary N) is 1. The number of rotatable bonds is 6. The highest BCUT2D eigenvalue weighted by Gasteiger charge is 2.16. The SMILES string of the molecule is NCc1ccc(-c2cn(Cc3ccc(-c4nnc(C(F)F)o4)cc3)nn2)cn1. The lowest BCUT2D eigenvalue weighted by molar-refractivity contribution is 0.116. The minimum Gasteiger partial charge on any atom is -0.415 e. The minimum absolute atomic E-state index is 0.0540. The van der Waals surface area contributed by atoms with Crippen LogP contribution in [0.3, 0.4) is 0 Å². The highest BCUT2D eigenvalue weighted by atomic mass is 19.3. The molecular weight excluding hydrogens is 368 g/mol. The van der Waals surface area contributed by atoms with Crippen molar-refractivity contribution in [2.75, 3.05) is 0 Å². The molecule has 0 saturated carbocycles. The molecule has 10 heteroatoms. The third-order valence-corrected chi connectivity index (χ3v) is 4.04. The zero-order chi connectivity index (χ0) is 19.5. The van der Waals surface area contributed by atoms with Crippen LogP contribution < -0.4 is 5.73 Å². The maximum absolute atomic E-state index is 12.5. The quantitative estimate of drug-likeness (QED) is 0.545. The van der Waals surface area contributed by atoms with Crippen LogP contribution in [0, 0.1) is 0 Å². The summed E-state index contributed by atoms with van der Waals surface area (Å²) in [6, 6.07) is 10.9. The molecule has 1 aromatic carbocycles. The normalized spacial score (nSPS) is 11.3.